The van der Waals surface area contributed by atoms with E-state index in [0.717, 1.165) is 0 Å². The second kappa shape index (κ2) is 3.10. The minimum absolute atomic E-state index is 0.0903. The van der Waals surface area contributed by atoms with Gasteiger partial charge in [0.05, 0.1) is 6.42 Å². The van der Waals surface area contributed by atoms with E-state index < -0.39 is 0 Å². The van der Waals surface area contributed by atoms with Gasteiger partial charge in [-0.2, -0.15) is 0 Å². The van der Waals surface area contributed by atoms with Crippen LogP contribution in [0.3, 0.4) is 0 Å². The minimum atomic E-state index is 0.0903. The third-order valence-corrected chi connectivity index (χ3v) is 1.03. The van der Waals surface area contributed by atoms with Crippen LogP contribution in [-0.4, -0.2) is 16.5 Å². The van der Waals surface area contributed by atoms with Crippen LogP contribution in [0.4, 0.5) is 0 Å². The van der Waals surface area contributed by atoms with Gasteiger partial charge in [0.1, 0.15) is 0 Å². The lowest BCUT2D eigenvalue weighted by Gasteiger charge is -1.80. The summed E-state index contributed by atoms with van der Waals surface area (Å²) < 4.78 is 4.99. The minimum Gasteiger partial charge on any atom is -0.425 e. The van der Waals surface area contributed by atoms with Crippen molar-refractivity contribution in [3.8, 4) is 0 Å². The lowest BCUT2D eigenvalue weighted by molar-refractivity contribution is 0.461. The normalized spacial score (nSPS) is 9.70. The maximum Gasteiger partial charge on any atom is 0.224 e. The predicted octanol–water partition coefficient (Wildman–Crippen LogP) is 0.284. The van der Waals surface area contributed by atoms with Gasteiger partial charge in [0, 0.05) is 6.42 Å². The van der Waals surface area contributed by atoms with E-state index in [1.807, 2.05) is 6.92 Å². The van der Waals surface area contributed by atoms with Crippen LogP contribution in [0.2, 0.25) is 0 Å². The highest BCUT2D eigenvalue weighted by Crippen LogP contribution is 1.98. The van der Waals surface area contributed by atoms with Gasteiger partial charge in [0.2, 0.25) is 18.1 Å². The van der Waals surface area contributed by atoms with Crippen LogP contribution >= 0.6 is 0 Å². The highest BCUT2D eigenvalue weighted by atomic mass is 16.4. The fraction of sp³-hybridized carbons (Fsp3) is 0.500. The average Bonchev–Trinajstić information content (AvgIpc) is 2.37. The first-order chi connectivity index (χ1) is 4.86. The number of aryl methyl sites for hydroxylation is 1. The van der Waals surface area contributed by atoms with Crippen LogP contribution in [0.5, 0.6) is 0 Å². The molecular formula is C6H7N2O2. The van der Waals surface area contributed by atoms with E-state index in [9.17, 15) is 4.79 Å². The fourth-order valence-electron chi connectivity index (χ4n) is 0.564. The zero-order valence-corrected chi connectivity index (χ0v) is 5.63. The summed E-state index contributed by atoms with van der Waals surface area (Å²) in [5, 5.41) is 7.26. The summed E-state index contributed by atoms with van der Waals surface area (Å²) in [6.45, 7) is 1.90. The molecule has 1 radical (unpaired) electrons. The Kier molecular flexibility index (Phi) is 2.15. The maximum absolute atomic E-state index is 9.82. The number of nitrogens with zero attached hydrogens (tertiary/aromatic N) is 2. The molecule has 53 valence electrons. The van der Waals surface area contributed by atoms with Crippen molar-refractivity contribution in [1.29, 1.82) is 0 Å². The van der Waals surface area contributed by atoms with Gasteiger partial charge in [-0.3, -0.25) is 4.79 Å². The highest BCUT2D eigenvalue weighted by molar-refractivity contribution is 5.53. The van der Waals surface area contributed by atoms with Crippen molar-refractivity contribution in [2.24, 2.45) is 0 Å². The fourth-order valence-corrected chi connectivity index (χ4v) is 0.564. The molecule has 0 spiro atoms. The van der Waals surface area contributed by atoms with E-state index in [4.69, 9.17) is 4.42 Å². The van der Waals surface area contributed by atoms with E-state index >= 15 is 0 Å². The van der Waals surface area contributed by atoms with Crippen molar-refractivity contribution in [3.05, 3.63) is 11.8 Å². The van der Waals surface area contributed by atoms with Crippen LogP contribution in [0.1, 0.15) is 18.7 Å². The molecule has 4 nitrogen and oxygen atoms in total. The maximum atomic E-state index is 9.82. The van der Waals surface area contributed by atoms with Gasteiger partial charge in [-0.25, -0.2) is 0 Å². The molecule has 1 aromatic heterocycles. The Morgan fingerprint density at radius 1 is 1.50 bits per heavy atom. The molecule has 0 bridgehead atoms. The van der Waals surface area contributed by atoms with Crippen LogP contribution < -0.4 is 0 Å². The molecule has 1 aromatic rings. The molecule has 0 aliphatic carbocycles. The molecular weight excluding hydrogens is 132 g/mol. The molecule has 0 unspecified atom stereocenters. The summed E-state index contributed by atoms with van der Waals surface area (Å²) in [4.78, 5) is 9.82. The molecule has 10 heavy (non-hydrogen) atoms. The predicted molar refractivity (Wildman–Crippen MR) is 33.1 cm³/mol. The van der Waals surface area contributed by atoms with Crippen molar-refractivity contribution in [3.63, 3.8) is 0 Å². The highest BCUT2D eigenvalue weighted by Gasteiger charge is 2.01. The molecule has 0 saturated heterocycles. The number of rotatable bonds is 3. The van der Waals surface area contributed by atoms with E-state index in [2.05, 4.69) is 10.2 Å². The average molecular weight is 139 g/mol. The molecule has 0 aromatic carbocycles. The summed E-state index contributed by atoms with van der Waals surface area (Å²) in [6, 6.07) is 0. The lowest BCUT2D eigenvalue weighted by Crippen LogP contribution is -1.83. The monoisotopic (exact) mass is 139 g/mol. The molecule has 0 amide bonds. The van der Waals surface area contributed by atoms with Crippen LogP contribution in [-0.2, 0) is 17.6 Å². The number of hydrogen-bond donors (Lipinski definition) is 0. The number of aromatic nitrogens is 2. The first-order valence-electron chi connectivity index (χ1n) is 3.03. The van der Waals surface area contributed by atoms with Crippen molar-refractivity contribution < 1.29 is 9.21 Å². The third kappa shape index (κ3) is 1.40. The van der Waals surface area contributed by atoms with Crippen molar-refractivity contribution in [1.82, 2.24) is 10.2 Å². The van der Waals surface area contributed by atoms with E-state index in [0.29, 0.717) is 18.2 Å². The molecule has 0 fully saturated rings. The number of hydrogen-bond acceptors (Lipinski definition) is 4. The zero-order chi connectivity index (χ0) is 7.40. The van der Waals surface area contributed by atoms with Crippen molar-refractivity contribution in [2.75, 3.05) is 0 Å². The molecule has 0 aliphatic heterocycles. The topological polar surface area (TPSA) is 56.0 Å². The summed E-state index contributed by atoms with van der Waals surface area (Å²) in [7, 11) is 0. The first kappa shape index (κ1) is 6.92. The molecule has 0 N–H and O–H groups in total. The van der Waals surface area contributed by atoms with Crippen molar-refractivity contribution >= 4 is 6.29 Å². The third-order valence-electron chi connectivity index (χ3n) is 1.03. The largest absolute Gasteiger partial charge is 0.425 e. The molecule has 1 heterocycles. The van der Waals surface area contributed by atoms with Gasteiger partial charge >= 0.3 is 0 Å². The summed E-state index contributed by atoms with van der Waals surface area (Å²) >= 11 is 0. The Bertz CT molecular complexity index is 219. The second-order valence-electron chi connectivity index (χ2n) is 1.76. The first-order valence-corrected chi connectivity index (χ1v) is 3.03. The van der Waals surface area contributed by atoms with Crippen LogP contribution in [0.15, 0.2) is 4.42 Å². The molecule has 0 atom stereocenters. The SMILES string of the molecule is CCc1nnc(C[C]=O)o1. The van der Waals surface area contributed by atoms with Gasteiger partial charge in [0.25, 0.3) is 0 Å². The van der Waals surface area contributed by atoms with Gasteiger partial charge in [0.15, 0.2) is 0 Å². The Balaban J connectivity index is 2.67. The Morgan fingerprint density at radius 3 is 2.70 bits per heavy atom. The Labute approximate surface area is 58.3 Å². The van der Waals surface area contributed by atoms with Gasteiger partial charge in [-0.05, 0) is 0 Å². The van der Waals surface area contributed by atoms with Crippen molar-refractivity contribution in [2.45, 2.75) is 19.8 Å². The van der Waals surface area contributed by atoms with E-state index in [-0.39, 0.29) is 6.42 Å². The van der Waals surface area contributed by atoms with Crippen LogP contribution in [0.25, 0.3) is 0 Å². The molecule has 1 rings (SSSR count). The standard InChI is InChI=1S/C6H7N2O2/c1-2-5-7-8-6(10-5)3-4-9/h2-3H2,1H3. The van der Waals surface area contributed by atoms with E-state index in [1.54, 1.807) is 6.29 Å². The zero-order valence-electron chi connectivity index (χ0n) is 5.63. The summed E-state index contributed by atoms with van der Waals surface area (Å²) in [6.07, 6.45) is 2.47. The van der Waals surface area contributed by atoms with E-state index in [1.165, 1.54) is 0 Å². The van der Waals surface area contributed by atoms with Gasteiger partial charge in [-0.15, -0.1) is 10.2 Å². The van der Waals surface area contributed by atoms with Gasteiger partial charge in [-0.1, -0.05) is 6.92 Å². The van der Waals surface area contributed by atoms with Gasteiger partial charge < -0.3 is 4.42 Å². The second-order valence-corrected chi connectivity index (χ2v) is 1.76. The lowest BCUT2D eigenvalue weighted by atomic mass is 10.5. The molecule has 0 aliphatic rings. The Hall–Kier alpha value is -1.19. The van der Waals surface area contributed by atoms with Crippen LogP contribution in [0, 0.1) is 0 Å². The molecule has 4 heteroatoms. The quantitative estimate of drug-likeness (QED) is 0.603. The summed E-state index contributed by atoms with van der Waals surface area (Å²) in [5.41, 5.74) is 0. The molecule has 0 saturated carbocycles. The smallest absolute Gasteiger partial charge is 0.224 e. The Morgan fingerprint density at radius 2 is 2.20 bits per heavy atom. The summed E-state index contributed by atoms with van der Waals surface area (Å²) in [5.74, 6) is 0.900. The number of carbonyl (C=O) groups excluding carboxylic acids is 1.